The molecule has 0 aromatic rings. The van der Waals surface area contributed by atoms with Gasteiger partial charge in [0.2, 0.25) is 5.91 Å². The molecule has 0 atom stereocenters. The second kappa shape index (κ2) is 5.70. The van der Waals surface area contributed by atoms with Gasteiger partial charge in [-0.05, 0) is 6.92 Å². The first-order valence-electron chi connectivity index (χ1n) is 5.21. The minimum Gasteiger partial charge on any atom is -0.466 e. The van der Waals surface area contributed by atoms with Gasteiger partial charge in [-0.25, -0.2) is 0 Å². The molecule has 0 spiro atoms. The zero-order valence-electron chi connectivity index (χ0n) is 8.94. The molecule has 1 heterocycles. The number of amides is 1. The number of aliphatic hydroxyl groups excluding tert-OH is 1. The Morgan fingerprint density at radius 3 is 2.60 bits per heavy atom. The predicted molar refractivity (Wildman–Crippen MR) is 53.0 cm³/mol. The predicted octanol–water partition coefficient (Wildman–Crippen LogP) is -0.220. The fraction of sp³-hybridized carbons (Fsp3) is 0.800. The lowest BCUT2D eigenvalue weighted by atomic mass is 10.0. The molecule has 86 valence electrons. The lowest BCUT2D eigenvalue weighted by Crippen LogP contribution is -2.51. The van der Waals surface area contributed by atoms with Crippen molar-refractivity contribution in [3.63, 3.8) is 0 Å². The molecular formula is C10H17NO4. The van der Waals surface area contributed by atoms with Gasteiger partial charge in [-0.2, -0.15) is 0 Å². The Labute approximate surface area is 89.0 Å². The summed E-state index contributed by atoms with van der Waals surface area (Å²) in [6, 6.07) is 0. The van der Waals surface area contributed by atoms with Crippen LogP contribution in [0.25, 0.3) is 0 Å². The molecule has 0 aromatic carbocycles. The Bertz CT molecular complexity index is 236. The van der Waals surface area contributed by atoms with E-state index < -0.39 is 0 Å². The molecule has 1 aliphatic rings. The lowest BCUT2D eigenvalue weighted by Gasteiger charge is -2.38. The fourth-order valence-electron chi connectivity index (χ4n) is 1.49. The smallest absolute Gasteiger partial charge is 0.306 e. The maximum absolute atomic E-state index is 11.4. The number of carbonyl (C=O) groups excluding carboxylic acids is 2. The standard InChI is InChI=1S/C10H17NO4/c1-2-15-10(14)4-3-9(13)11-5-8(6-11)7-12/h8,12H,2-7H2,1H3. The van der Waals surface area contributed by atoms with E-state index in [1.807, 2.05) is 0 Å². The van der Waals surface area contributed by atoms with Gasteiger partial charge in [-0.3, -0.25) is 9.59 Å². The van der Waals surface area contributed by atoms with Crippen LogP contribution in [0.1, 0.15) is 19.8 Å². The molecule has 15 heavy (non-hydrogen) atoms. The quantitative estimate of drug-likeness (QED) is 0.644. The van der Waals surface area contributed by atoms with Crippen LogP contribution in [0.2, 0.25) is 0 Å². The minimum atomic E-state index is -0.329. The van der Waals surface area contributed by atoms with E-state index in [0.717, 1.165) is 0 Å². The van der Waals surface area contributed by atoms with Gasteiger partial charge in [0.15, 0.2) is 0 Å². The van der Waals surface area contributed by atoms with Crippen LogP contribution in [-0.4, -0.2) is 48.2 Å². The van der Waals surface area contributed by atoms with E-state index in [0.29, 0.717) is 19.7 Å². The van der Waals surface area contributed by atoms with Crippen molar-refractivity contribution in [1.29, 1.82) is 0 Å². The van der Waals surface area contributed by atoms with Crippen molar-refractivity contribution in [2.24, 2.45) is 5.92 Å². The monoisotopic (exact) mass is 215 g/mol. The SMILES string of the molecule is CCOC(=O)CCC(=O)N1CC(CO)C1. The number of hydrogen-bond acceptors (Lipinski definition) is 4. The van der Waals surface area contributed by atoms with Crippen molar-refractivity contribution < 1.29 is 19.4 Å². The van der Waals surface area contributed by atoms with Crippen molar-refractivity contribution in [1.82, 2.24) is 4.90 Å². The highest BCUT2D eigenvalue weighted by molar-refractivity contribution is 5.81. The molecule has 0 bridgehead atoms. The molecule has 0 unspecified atom stereocenters. The molecule has 1 fully saturated rings. The van der Waals surface area contributed by atoms with Crippen LogP contribution in [0.5, 0.6) is 0 Å². The van der Waals surface area contributed by atoms with Crippen molar-refractivity contribution in [3.05, 3.63) is 0 Å². The van der Waals surface area contributed by atoms with Crippen molar-refractivity contribution in [2.75, 3.05) is 26.3 Å². The summed E-state index contributed by atoms with van der Waals surface area (Å²) in [5, 5.41) is 8.76. The Balaban J connectivity index is 2.12. The Kier molecular flexibility index (Phi) is 4.55. The molecule has 1 amide bonds. The number of ether oxygens (including phenoxy) is 1. The van der Waals surface area contributed by atoms with Gasteiger partial charge in [-0.1, -0.05) is 0 Å². The molecule has 1 rings (SSSR count). The van der Waals surface area contributed by atoms with Crippen LogP contribution in [-0.2, 0) is 14.3 Å². The summed E-state index contributed by atoms with van der Waals surface area (Å²) in [6.07, 6.45) is 0.351. The summed E-state index contributed by atoms with van der Waals surface area (Å²) < 4.78 is 4.72. The Morgan fingerprint density at radius 1 is 1.40 bits per heavy atom. The molecule has 1 N–H and O–H groups in total. The zero-order valence-corrected chi connectivity index (χ0v) is 8.94. The van der Waals surface area contributed by atoms with E-state index in [4.69, 9.17) is 9.84 Å². The number of carbonyl (C=O) groups is 2. The van der Waals surface area contributed by atoms with Crippen molar-refractivity contribution in [2.45, 2.75) is 19.8 Å². The van der Waals surface area contributed by atoms with E-state index in [-0.39, 0.29) is 37.2 Å². The number of likely N-dealkylation sites (tertiary alicyclic amines) is 1. The molecule has 5 heteroatoms. The average molecular weight is 215 g/mol. The summed E-state index contributed by atoms with van der Waals surface area (Å²) in [6.45, 7) is 3.43. The molecule has 1 saturated heterocycles. The summed E-state index contributed by atoms with van der Waals surface area (Å²) in [4.78, 5) is 24.0. The second-order valence-corrected chi connectivity index (χ2v) is 3.65. The summed E-state index contributed by atoms with van der Waals surface area (Å²) in [5.74, 6) is -0.144. The van der Waals surface area contributed by atoms with Crippen LogP contribution < -0.4 is 0 Å². The zero-order chi connectivity index (χ0) is 11.3. The van der Waals surface area contributed by atoms with Crippen LogP contribution in [0.3, 0.4) is 0 Å². The Morgan fingerprint density at radius 2 is 2.07 bits per heavy atom. The average Bonchev–Trinajstić information content (AvgIpc) is 2.13. The normalized spacial score (nSPS) is 16.0. The molecular weight excluding hydrogens is 198 g/mol. The van der Waals surface area contributed by atoms with Crippen LogP contribution in [0.15, 0.2) is 0 Å². The highest BCUT2D eigenvalue weighted by atomic mass is 16.5. The van der Waals surface area contributed by atoms with Crippen molar-refractivity contribution >= 4 is 11.9 Å². The molecule has 1 aliphatic heterocycles. The van der Waals surface area contributed by atoms with Crippen LogP contribution in [0, 0.1) is 5.92 Å². The lowest BCUT2D eigenvalue weighted by molar-refractivity contribution is -0.147. The van der Waals surface area contributed by atoms with E-state index in [1.54, 1.807) is 11.8 Å². The first-order chi connectivity index (χ1) is 7.17. The summed E-state index contributed by atoms with van der Waals surface area (Å²) in [5.41, 5.74) is 0. The van der Waals surface area contributed by atoms with Gasteiger partial charge in [0.05, 0.1) is 13.0 Å². The van der Waals surface area contributed by atoms with Gasteiger partial charge in [0.25, 0.3) is 0 Å². The van der Waals surface area contributed by atoms with Gasteiger partial charge in [-0.15, -0.1) is 0 Å². The molecule has 0 aromatic heterocycles. The number of aliphatic hydroxyl groups is 1. The first-order valence-corrected chi connectivity index (χ1v) is 5.21. The van der Waals surface area contributed by atoms with E-state index in [1.165, 1.54) is 0 Å². The van der Waals surface area contributed by atoms with Crippen LogP contribution in [0.4, 0.5) is 0 Å². The molecule has 5 nitrogen and oxygen atoms in total. The van der Waals surface area contributed by atoms with Crippen molar-refractivity contribution in [3.8, 4) is 0 Å². The maximum atomic E-state index is 11.4. The number of rotatable bonds is 5. The third-order valence-corrected chi connectivity index (χ3v) is 2.42. The maximum Gasteiger partial charge on any atom is 0.306 e. The first kappa shape index (κ1) is 12.0. The van der Waals surface area contributed by atoms with E-state index >= 15 is 0 Å². The highest BCUT2D eigenvalue weighted by Crippen LogP contribution is 2.16. The van der Waals surface area contributed by atoms with Gasteiger partial charge in [0, 0.05) is 32.0 Å². The summed E-state index contributed by atoms with van der Waals surface area (Å²) in [7, 11) is 0. The second-order valence-electron chi connectivity index (χ2n) is 3.65. The van der Waals surface area contributed by atoms with Gasteiger partial charge < -0.3 is 14.7 Å². The van der Waals surface area contributed by atoms with Gasteiger partial charge >= 0.3 is 5.97 Å². The third kappa shape index (κ3) is 3.51. The van der Waals surface area contributed by atoms with Crippen LogP contribution >= 0.6 is 0 Å². The van der Waals surface area contributed by atoms with E-state index in [9.17, 15) is 9.59 Å². The minimum absolute atomic E-state index is 0.0345. The summed E-state index contributed by atoms with van der Waals surface area (Å²) >= 11 is 0. The number of hydrogen-bond donors (Lipinski definition) is 1. The number of nitrogens with zero attached hydrogens (tertiary/aromatic N) is 1. The van der Waals surface area contributed by atoms with Gasteiger partial charge in [0.1, 0.15) is 0 Å². The largest absolute Gasteiger partial charge is 0.466 e. The molecule has 0 aliphatic carbocycles. The highest BCUT2D eigenvalue weighted by Gasteiger charge is 2.29. The Hall–Kier alpha value is -1.10. The molecule has 0 saturated carbocycles. The molecule has 0 radical (unpaired) electrons. The third-order valence-electron chi connectivity index (χ3n) is 2.42. The topological polar surface area (TPSA) is 66.8 Å². The van der Waals surface area contributed by atoms with E-state index in [2.05, 4.69) is 0 Å². The number of esters is 1. The fourth-order valence-corrected chi connectivity index (χ4v) is 1.49.